The van der Waals surface area contributed by atoms with Crippen LogP contribution in [0.25, 0.3) is 0 Å². The van der Waals surface area contributed by atoms with Crippen LogP contribution in [0.15, 0.2) is 53.5 Å². The molecule has 0 unspecified atom stereocenters. The van der Waals surface area contributed by atoms with Crippen molar-refractivity contribution in [2.24, 2.45) is 10.7 Å². The van der Waals surface area contributed by atoms with Crippen LogP contribution in [0.2, 0.25) is 0 Å². The van der Waals surface area contributed by atoms with Gasteiger partial charge in [-0.05, 0) is 35.2 Å². The largest absolute Gasteiger partial charge is 0.379 e. The monoisotopic (exact) mass is 480 g/mol. The van der Waals surface area contributed by atoms with E-state index in [4.69, 9.17) is 10.5 Å². The van der Waals surface area contributed by atoms with Gasteiger partial charge in [-0.25, -0.2) is 4.99 Å². The maximum atomic E-state index is 6.07. The molecule has 1 aliphatic rings. The topological polar surface area (TPSA) is 62.9 Å². The Labute approximate surface area is 179 Å². The highest BCUT2D eigenvalue weighted by Crippen LogP contribution is 2.14. The van der Waals surface area contributed by atoms with E-state index in [2.05, 4.69) is 58.5 Å². The first-order valence-electron chi connectivity index (χ1n) is 9.27. The summed E-state index contributed by atoms with van der Waals surface area (Å²) in [5.41, 5.74) is 10.9. The summed E-state index contributed by atoms with van der Waals surface area (Å²) in [5.74, 6) is 0.440. The number of hydrogen-bond acceptors (Lipinski definition) is 3. The Morgan fingerprint density at radius 2 is 1.74 bits per heavy atom. The van der Waals surface area contributed by atoms with E-state index in [1.807, 2.05) is 12.1 Å². The fourth-order valence-corrected chi connectivity index (χ4v) is 3.05. The number of rotatable bonds is 6. The Bertz CT molecular complexity index is 727. The molecule has 0 spiro atoms. The number of aliphatic imine (C=N–C) groups is 1. The number of halogens is 1. The highest BCUT2D eigenvalue weighted by atomic mass is 127. The average molecular weight is 480 g/mol. The van der Waals surface area contributed by atoms with Gasteiger partial charge >= 0.3 is 0 Å². The first-order valence-corrected chi connectivity index (χ1v) is 9.27. The number of morpholine rings is 1. The van der Waals surface area contributed by atoms with Crippen LogP contribution in [0.5, 0.6) is 0 Å². The highest BCUT2D eigenvalue weighted by Gasteiger charge is 2.12. The van der Waals surface area contributed by atoms with Gasteiger partial charge in [0.15, 0.2) is 5.96 Å². The van der Waals surface area contributed by atoms with E-state index in [0.717, 1.165) is 45.0 Å². The molecule has 0 radical (unpaired) electrons. The predicted octanol–water partition coefficient (Wildman–Crippen LogP) is 3.63. The summed E-state index contributed by atoms with van der Waals surface area (Å²) in [7, 11) is 0. The Kier molecular flexibility index (Phi) is 9.03. The number of nitrogens with zero attached hydrogens (tertiary/aromatic N) is 2. The van der Waals surface area contributed by atoms with E-state index in [1.54, 1.807) is 0 Å². The molecule has 0 aromatic heterocycles. The van der Waals surface area contributed by atoms with E-state index in [0.29, 0.717) is 12.5 Å². The Morgan fingerprint density at radius 3 is 2.41 bits per heavy atom. The zero-order valence-electron chi connectivity index (χ0n) is 15.9. The minimum atomic E-state index is 0. The van der Waals surface area contributed by atoms with Gasteiger partial charge in [0, 0.05) is 25.3 Å². The summed E-state index contributed by atoms with van der Waals surface area (Å²) in [6.45, 7) is 7.24. The van der Waals surface area contributed by atoms with Crippen molar-refractivity contribution < 1.29 is 4.74 Å². The molecule has 0 bridgehead atoms. The molecule has 0 aliphatic carbocycles. The summed E-state index contributed by atoms with van der Waals surface area (Å²) < 4.78 is 5.43. The van der Waals surface area contributed by atoms with Crippen LogP contribution in [0.4, 0.5) is 5.69 Å². The van der Waals surface area contributed by atoms with Crippen LogP contribution >= 0.6 is 24.0 Å². The first kappa shape index (κ1) is 21.7. The second-order valence-corrected chi connectivity index (χ2v) is 6.53. The SMILES string of the molecule is CCc1ccc(NC(N)=NCc2ccccc2CN2CCOCC2)cc1.I. The van der Waals surface area contributed by atoms with Crippen LogP contribution < -0.4 is 11.1 Å². The summed E-state index contributed by atoms with van der Waals surface area (Å²) in [4.78, 5) is 6.95. The molecule has 1 heterocycles. The van der Waals surface area contributed by atoms with Gasteiger partial charge in [-0.15, -0.1) is 24.0 Å². The number of nitrogens with one attached hydrogen (secondary N) is 1. The number of hydrogen-bond donors (Lipinski definition) is 2. The van der Waals surface area contributed by atoms with E-state index in [-0.39, 0.29) is 24.0 Å². The van der Waals surface area contributed by atoms with Gasteiger partial charge in [0.05, 0.1) is 19.8 Å². The molecule has 0 saturated carbocycles. The lowest BCUT2D eigenvalue weighted by Gasteiger charge is -2.27. The molecule has 1 saturated heterocycles. The van der Waals surface area contributed by atoms with Gasteiger partial charge in [-0.2, -0.15) is 0 Å². The van der Waals surface area contributed by atoms with E-state index < -0.39 is 0 Å². The van der Waals surface area contributed by atoms with Crippen molar-refractivity contribution in [3.63, 3.8) is 0 Å². The van der Waals surface area contributed by atoms with Crippen molar-refractivity contribution >= 4 is 35.6 Å². The maximum Gasteiger partial charge on any atom is 0.193 e. The highest BCUT2D eigenvalue weighted by molar-refractivity contribution is 14.0. The van der Waals surface area contributed by atoms with Crippen molar-refractivity contribution in [1.29, 1.82) is 0 Å². The third kappa shape index (κ3) is 6.79. The predicted molar refractivity (Wildman–Crippen MR) is 123 cm³/mol. The number of anilines is 1. The molecule has 1 aliphatic heterocycles. The van der Waals surface area contributed by atoms with Crippen molar-refractivity contribution in [2.75, 3.05) is 31.6 Å². The lowest BCUT2D eigenvalue weighted by atomic mass is 10.1. The van der Waals surface area contributed by atoms with Gasteiger partial charge in [0.2, 0.25) is 0 Å². The number of nitrogens with two attached hydrogens (primary N) is 1. The minimum Gasteiger partial charge on any atom is -0.379 e. The molecule has 5 nitrogen and oxygen atoms in total. The molecule has 2 aromatic rings. The van der Waals surface area contributed by atoms with Crippen molar-refractivity contribution in [3.8, 4) is 0 Å². The first-order chi connectivity index (χ1) is 12.7. The second kappa shape index (κ2) is 11.3. The molecule has 0 atom stereocenters. The minimum absolute atomic E-state index is 0. The van der Waals surface area contributed by atoms with Crippen LogP contribution in [-0.4, -0.2) is 37.2 Å². The Morgan fingerprint density at radius 1 is 1.07 bits per heavy atom. The normalized spacial score (nSPS) is 15.2. The van der Waals surface area contributed by atoms with Crippen LogP contribution in [0, 0.1) is 0 Å². The molecule has 146 valence electrons. The molecule has 3 N–H and O–H groups in total. The number of guanidine groups is 1. The standard InChI is InChI=1S/C21H28N4O.HI/c1-2-17-7-9-20(10-8-17)24-21(22)23-15-18-5-3-4-6-19(18)16-25-11-13-26-14-12-25;/h3-10H,2,11-16H2,1H3,(H3,22,23,24);1H. The van der Waals surface area contributed by atoms with Crippen LogP contribution in [-0.2, 0) is 24.2 Å². The lowest BCUT2D eigenvalue weighted by Crippen LogP contribution is -2.35. The third-order valence-electron chi connectivity index (χ3n) is 4.67. The van der Waals surface area contributed by atoms with E-state index >= 15 is 0 Å². The molecular formula is C21H29IN4O. The van der Waals surface area contributed by atoms with Gasteiger partial charge in [0.25, 0.3) is 0 Å². The molecule has 6 heteroatoms. The van der Waals surface area contributed by atoms with E-state index in [9.17, 15) is 0 Å². The fraction of sp³-hybridized carbons (Fsp3) is 0.381. The van der Waals surface area contributed by atoms with Gasteiger partial charge < -0.3 is 15.8 Å². The zero-order chi connectivity index (χ0) is 18.2. The smallest absolute Gasteiger partial charge is 0.193 e. The third-order valence-corrected chi connectivity index (χ3v) is 4.67. The Balaban J connectivity index is 0.00000261. The van der Waals surface area contributed by atoms with Crippen LogP contribution in [0.3, 0.4) is 0 Å². The summed E-state index contributed by atoms with van der Waals surface area (Å²) in [6, 6.07) is 16.7. The molecule has 3 rings (SSSR count). The number of benzene rings is 2. The fourth-order valence-electron chi connectivity index (χ4n) is 3.05. The summed E-state index contributed by atoms with van der Waals surface area (Å²) in [6.07, 6.45) is 1.03. The molecular weight excluding hydrogens is 451 g/mol. The van der Waals surface area contributed by atoms with Crippen molar-refractivity contribution in [2.45, 2.75) is 26.4 Å². The molecule has 0 amide bonds. The zero-order valence-corrected chi connectivity index (χ0v) is 18.2. The van der Waals surface area contributed by atoms with E-state index in [1.165, 1.54) is 16.7 Å². The quantitative estimate of drug-likeness (QED) is 0.377. The lowest BCUT2D eigenvalue weighted by molar-refractivity contribution is 0.0341. The molecule has 2 aromatic carbocycles. The van der Waals surface area contributed by atoms with Gasteiger partial charge in [0.1, 0.15) is 0 Å². The molecule has 1 fully saturated rings. The van der Waals surface area contributed by atoms with Crippen molar-refractivity contribution in [3.05, 3.63) is 65.2 Å². The van der Waals surface area contributed by atoms with Gasteiger partial charge in [-0.1, -0.05) is 43.3 Å². The van der Waals surface area contributed by atoms with Gasteiger partial charge in [-0.3, -0.25) is 4.90 Å². The average Bonchev–Trinajstić information content (AvgIpc) is 2.69. The number of aryl methyl sites for hydroxylation is 1. The van der Waals surface area contributed by atoms with Crippen LogP contribution in [0.1, 0.15) is 23.6 Å². The molecule has 27 heavy (non-hydrogen) atoms. The summed E-state index contributed by atoms with van der Waals surface area (Å²) >= 11 is 0. The summed E-state index contributed by atoms with van der Waals surface area (Å²) in [5, 5.41) is 3.17. The number of ether oxygens (including phenoxy) is 1. The Hall–Kier alpha value is -1.64. The second-order valence-electron chi connectivity index (χ2n) is 6.53. The maximum absolute atomic E-state index is 6.07. The van der Waals surface area contributed by atoms with Crippen molar-refractivity contribution in [1.82, 2.24) is 4.90 Å².